The summed E-state index contributed by atoms with van der Waals surface area (Å²) in [7, 11) is 0. The first-order chi connectivity index (χ1) is 12.9. The van der Waals surface area contributed by atoms with Crippen LogP contribution in [0.5, 0.6) is 17.2 Å². The smallest absolute Gasteiger partial charge is 0.174 e. The highest BCUT2D eigenvalue weighted by Crippen LogP contribution is 2.42. The molecule has 0 amide bonds. The summed E-state index contributed by atoms with van der Waals surface area (Å²) in [6, 6.07) is 8.35. The number of benzene rings is 2. The molecule has 0 saturated heterocycles. The van der Waals surface area contributed by atoms with Crippen molar-refractivity contribution in [3.63, 3.8) is 0 Å². The second-order valence-corrected chi connectivity index (χ2v) is 7.08. The van der Waals surface area contributed by atoms with Crippen LogP contribution in [0.15, 0.2) is 52.7 Å². The van der Waals surface area contributed by atoms with Crippen molar-refractivity contribution in [2.75, 3.05) is 0 Å². The second kappa shape index (κ2) is 6.50. The quantitative estimate of drug-likeness (QED) is 0.635. The number of phenolic OH excluding ortho intramolecular Hbond substituents is 2. The van der Waals surface area contributed by atoms with Crippen molar-refractivity contribution in [2.24, 2.45) is 0 Å². The summed E-state index contributed by atoms with van der Waals surface area (Å²) >= 11 is 0. The van der Waals surface area contributed by atoms with E-state index in [0.29, 0.717) is 0 Å². The number of phenols is 2. The number of allylic oxidation sites excluding steroid dienone is 2. The predicted octanol–water partition coefficient (Wildman–Crippen LogP) is 5.06. The zero-order valence-corrected chi connectivity index (χ0v) is 15.2. The van der Waals surface area contributed by atoms with E-state index >= 15 is 0 Å². The molecule has 1 unspecified atom stereocenters. The van der Waals surface area contributed by atoms with Gasteiger partial charge in [-0.2, -0.15) is 0 Å². The third-order valence-corrected chi connectivity index (χ3v) is 4.74. The molecular formula is C22H20O5. The number of hydrogen-bond acceptors (Lipinski definition) is 5. The van der Waals surface area contributed by atoms with Crippen LogP contribution in [0.25, 0.3) is 11.0 Å². The van der Waals surface area contributed by atoms with Crippen LogP contribution in [0.3, 0.4) is 0 Å². The Labute approximate surface area is 156 Å². The zero-order chi connectivity index (χ0) is 19.1. The molecule has 2 heterocycles. The summed E-state index contributed by atoms with van der Waals surface area (Å²) in [5, 5.41) is 20.6. The minimum Gasteiger partial charge on any atom is -0.508 e. The van der Waals surface area contributed by atoms with E-state index in [-0.39, 0.29) is 35.0 Å². The fourth-order valence-corrected chi connectivity index (χ4v) is 3.44. The molecule has 3 aromatic rings. The normalized spacial score (nSPS) is 16.1. The van der Waals surface area contributed by atoms with Crippen LogP contribution in [0.1, 0.15) is 47.9 Å². The Morgan fingerprint density at radius 2 is 2.04 bits per heavy atom. The van der Waals surface area contributed by atoms with Crippen LogP contribution in [-0.2, 0) is 6.42 Å². The SMILES string of the molecule is CC(C)=CCc1cc(C2CC(=O)c3c(O)cc(O)cc3O2)cc2ccoc12. The van der Waals surface area contributed by atoms with E-state index in [1.165, 1.54) is 11.6 Å². The molecule has 0 bridgehead atoms. The molecule has 1 aromatic heterocycles. The summed E-state index contributed by atoms with van der Waals surface area (Å²) in [4.78, 5) is 12.6. The number of Topliss-reactive ketones (excluding diaryl/α,β-unsaturated/α-hetero) is 1. The second-order valence-electron chi connectivity index (χ2n) is 7.08. The third-order valence-electron chi connectivity index (χ3n) is 4.74. The molecule has 1 atom stereocenters. The maximum atomic E-state index is 12.6. The predicted molar refractivity (Wildman–Crippen MR) is 101 cm³/mol. The Balaban J connectivity index is 1.76. The maximum Gasteiger partial charge on any atom is 0.174 e. The summed E-state index contributed by atoms with van der Waals surface area (Å²) in [6.45, 7) is 4.09. The van der Waals surface area contributed by atoms with Crippen molar-refractivity contribution < 1.29 is 24.2 Å². The van der Waals surface area contributed by atoms with Crippen molar-refractivity contribution in [1.29, 1.82) is 0 Å². The number of ether oxygens (including phenoxy) is 1. The minimum atomic E-state index is -0.490. The molecule has 2 N–H and O–H groups in total. The number of furan rings is 1. The zero-order valence-electron chi connectivity index (χ0n) is 15.2. The summed E-state index contributed by atoms with van der Waals surface area (Å²) in [5.41, 5.74) is 4.05. The van der Waals surface area contributed by atoms with Crippen LogP contribution >= 0.6 is 0 Å². The molecule has 5 nitrogen and oxygen atoms in total. The minimum absolute atomic E-state index is 0.122. The summed E-state index contributed by atoms with van der Waals surface area (Å²) < 4.78 is 11.6. The fourth-order valence-electron chi connectivity index (χ4n) is 3.44. The van der Waals surface area contributed by atoms with Gasteiger partial charge in [0.15, 0.2) is 5.78 Å². The van der Waals surface area contributed by atoms with E-state index in [1.54, 1.807) is 6.26 Å². The van der Waals surface area contributed by atoms with Gasteiger partial charge in [0.05, 0.1) is 12.7 Å². The Morgan fingerprint density at radius 1 is 1.22 bits per heavy atom. The largest absolute Gasteiger partial charge is 0.508 e. The van der Waals surface area contributed by atoms with E-state index in [2.05, 4.69) is 6.08 Å². The van der Waals surface area contributed by atoms with Gasteiger partial charge in [-0.3, -0.25) is 4.79 Å². The lowest BCUT2D eigenvalue weighted by atomic mass is 9.93. The number of aromatic hydroxyl groups is 2. The Kier molecular flexibility index (Phi) is 4.15. The van der Waals surface area contributed by atoms with Gasteiger partial charge in [0, 0.05) is 17.5 Å². The van der Waals surface area contributed by atoms with Gasteiger partial charge in [0.2, 0.25) is 0 Å². The lowest BCUT2D eigenvalue weighted by molar-refractivity contribution is 0.0845. The number of carbonyl (C=O) groups is 1. The molecule has 1 aliphatic rings. The van der Waals surface area contributed by atoms with Crippen molar-refractivity contribution in [3.8, 4) is 17.2 Å². The molecule has 4 rings (SSSR count). The average Bonchev–Trinajstić information content (AvgIpc) is 3.07. The molecule has 5 heteroatoms. The maximum absolute atomic E-state index is 12.6. The van der Waals surface area contributed by atoms with Crippen molar-refractivity contribution in [3.05, 3.63) is 64.9 Å². The number of fused-ring (bicyclic) bond motifs is 2. The van der Waals surface area contributed by atoms with Gasteiger partial charge in [-0.1, -0.05) is 11.6 Å². The van der Waals surface area contributed by atoms with Gasteiger partial charge in [-0.25, -0.2) is 0 Å². The molecule has 138 valence electrons. The van der Waals surface area contributed by atoms with Crippen LogP contribution in [0, 0.1) is 0 Å². The molecule has 27 heavy (non-hydrogen) atoms. The first-order valence-corrected chi connectivity index (χ1v) is 8.81. The van der Waals surface area contributed by atoms with Gasteiger partial charge in [-0.15, -0.1) is 0 Å². The average molecular weight is 364 g/mol. The molecule has 0 aliphatic carbocycles. The van der Waals surface area contributed by atoms with Gasteiger partial charge in [-0.05, 0) is 49.6 Å². The Morgan fingerprint density at radius 3 is 2.81 bits per heavy atom. The monoisotopic (exact) mass is 364 g/mol. The van der Waals surface area contributed by atoms with Crippen LogP contribution in [-0.4, -0.2) is 16.0 Å². The van der Waals surface area contributed by atoms with Crippen molar-refractivity contribution in [1.82, 2.24) is 0 Å². The van der Waals surface area contributed by atoms with E-state index < -0.39 is 6.10 Å². The highest BCUT2D eigenvalue weighted by Gasteiger charge is 2.31. The van der Waals surface area contributed by atoms with Crippen LogP contribution < -0.4 is 4.74 Å². The van der Waals surface area contributed by atoms with E-state index in [9.17, 15) is 15.0 Å². The molecule has 0 spiro atoms. The highest BCUT2D eigenvalue weighted by atomic mass is 16.5. The van der Waals surface area contributed by atoms with Crippen molar-refractivity contribution in [2.45, 2.75) is 32.8 Å². The molecular weight excluding hydrogens is 344 g/mol. The first-order valence-electron chi connectivity index (χ1n) is 8.81. The molecule has 2 aromatic carbocycles. The number of carbonyl (C=O) groups excluding carboxylic acids is 1. The lowest BCUT2D eigenvalue weighted by Crippen LogP contribution is -2.20. The van der Waals surface area contributed by atoms with Crippen molar-refractivity contribution >= 4 is 16.8 Å². The summed E-state index contributed by atoms with van der Waals surface area (Å²) in [6.07, 6.45) is 4.13. The Hall–Kier alpha value is -3.21. The summed E-state index contributed by atoms with van der Waals surface area (Å²) in [5.74, 6) is -0.416. The number of ketones is 1. The number of hydrogen-bond donors (Lipinski definition) is 2. The third kappa shape index (κ3) is 3.16. The van der Waals surface area contributed by atoms with E-state index in [0.717, 1.165) is 34.6 Å². The topological polar surface area (TPSA) is 79.9 Å². The van der Waals surface area contributed by atoms with E-state index in [1.807, 2.05) is 32.0 Å². The molecule has 0 radical (unpaired) electrons. The van der Waals surface area contributed by atoms with Gasteiger partial charge < -0.3 is 19.4 Å². The van der Waals surface area contributed by atoms with Gasteiger partial charge >= 0.3 is 0 Å². The highest BCUT2D eigenvalue weighted by molar-refractivity contribution is 6.02. The fraction of sp³-hybridized carbons (Fsp3) is 0.227. The van der Waals surface area contributed by atoms with Crippen LogP contribution in [0.4, 0.5) is 0 Å². The van der Waals surface area contributed by atoms with E-state index in [4.69, 9.17) is 9.15 Å². The van der Waals surface area contributed by atoms with Gasteiger partial charge in [0.25, 0.3) is 0 Å². The Bertz CT molecular complexity index is 1070. The standard InChI is InChI=1S/C22H20O5/c1-12(2)3-4-13-7-15(8-14-5-6-26-22(13)14)19-11-18(25)21-17(24)9-16(23)10-20(21)27-19/h3,5-10,19,23-24H,4,11H2,1-2H3. The lowest BCUT2D eigenvalue weighted by Gasteiger charge is -2.26. The van der Waals surface area contributed by atoms with Gasteiger partial charge in [0.1, 0.15) is 34.5 Å². The molecule has 0 saturated carbocycles. The molecule has 0 fully saturated rings. The number of rotatable bonds is 3. The first kappa shape index (κ1) is 17.2. The molecule has 1 aliphatic heterocycles. The van der Waals surface area contributed by atoms with Crippen LogP contribution in [0.2, 0.25) is 0 Å².